The van der Waals surface area contributed by atoms with Crippen molar-refractivity contribution in [3.8, 4) is 0 Å². The molecule has 1 aliphatic rings. The Morgan fingerprint density at radius 1 is 1.30 bits per heavy atom. The van der Waals surface area contributed by atoms with Gasteiger partial charge in [-0.3, -0.25) is 9.59 Å². The quantitative estimate of drug-likeness (QED) is 0.623. The lowest BCUT2D eigenvalue weighted by atomic mass is 9.96. The van der Waals surface area contributed by atoms with Crippen LogP contribution in [0.25, 0.3) is 0 Å². The lowest BCUT2D eigenvalue weighted by Crippen LogP contribution is -2.33. The summed E-state index contributed by atoms with van der Waals surface area (Å²) in [5.41, 5.74) is 0.690. The molecule has 7 heteroatoms. The van der Waals surface area contributed by atoms with Crippen LogP contribution in [0.3, 0.4) is 0 Å². The average Bonchev–Trinajstić information content (AvgIpc) is 3.07. The summed E-state index contributed by atoms with van der Waals surface area (Å²) in [5.74, 6) is 0.707. The number of nitrogens with one attached hydrogen (secondary N) is 3. The molecule has 0 bridgehead atoms. The second-order valence-corrected chi connectivity index (χ2v) is 6.50. The first-order chi connectivity index (χ1) is 10.8. The van der Waals surface area contributed by atoms with Crippen LogP contribution in [-0.4, -0.2) is 38.0 Å². The first kappa shape index (κ1) is 19.9. The summed E-state index contributed by atoms with van der Waals surface area (Å²) in [6, 6.07) is 1.80. The third-order valence-corrected chi connectivity index (χ3v) is 4.61. The van der Waals surface area contributed by atoms with E-state index in [4.69, 9.17) is 0 Å². The number of carbonyl (C=O) groups is 2. The van der Waals surface area contributed by atoms with Gasteiger partial charge in [0.2, 0.25) is 5.91 Å². The van der Waals surface area contributed by atoms with Gasteiger partial charge in [-0.2, -0.15) is 11.3 Å². The molecule has 1 unspecified atom stereocenters. The fourth-order valence-corrected chi connectivity index (χ4v) is 3.26. The summed E-state index contributed by atoms with van der Waals surface area (Å²) in [6.45, 7) is 3.49. The summed E-state index contributed by atoms with van der Waals surface area (Å²) in [7, 11) is 0. The molecule has 1 saturated heterocycles. The van der Waals surface area contributed by atoms with Crippen LogP contribution in [0.15, 0.2) is 16.8 Å². The molecule has 0 spiro atoms. The van der Waals surface area contributed by atoms with Crippen molar-refractivity contribution in [1.82, 2.24) is 16.0 Å². The van der Waals surface area contributed by atoms with Crippen molar-refractivity contribution in [1.29, 1.82) is 0 Å². The predicted octanol–water partition coefficient (Wildman–Crippen LogP) is 2.19. The number of carbonyl (C=O) groups excluding carboxylic acids is 2. The van der Waals surface area contributed by atoms with E-state index in [-0.39, 0.29) is 24.2 Å². The van der Waals surface area contributed by atoms with Gasteiger partial charge in [0.1, 0.15) is 0 Å². The minimum absolute atomic E-state index is 0. The van der Waals surface area contributed by atoms with Gasteiger partial charge >= 0.3 is 0 Å². The van der Waals surface area contributed by atoms with Crippen molar-refractivity contribution in [3.05, 3.63) is 22.4 Å². The lowest BCUT2D eigenvalue weighted by Gasteiger charge is -2.22. The van der Waals surface area contributed by atoms with Crippen molar-refractivity contribution >= 4 is 35.6 Å². The van der Waals surface area contributed by atoms with Crippen LogP contribution in [0.4, 0.5) is 0 Å². The van der Waals surface area contributed by atoms with Gasteiger partial charge < -0.3 is 16.0 Å². The standard InChI is InChI=1S/C16H25N3O2S.ClH/c20-15(18-9-5-13-3-1-7-17-11-13)4-2-8-19-16(21)14-6-10-22-12-14;/h6,10,12-13,17H,1-5,7-9,11H2,(H,18,20)(H,19,21);1H. The summed E-state index contributed by atoms with van der Waals surface area (Å²) in [6.07, 6.45) is 4.69. The molecule has 1 aromatic heterocycles. The molecule has 0 aromatic carbocycles. The maximum absolute atomic E-state index is 11.7. The highest BCUT2D eigenvalue weighted by molar-refractivity contribution is 7.08. The number of piperidine rings is 1. The molecule has 0 saturated carbocycles. The van der Waals surface area contributed by atoms with Crippen LogP contribution < -0.4 is 16.0 Å². The first-order valence-electron chi connectivity index (χ1n) is 8.03. The Hall–Kier alpha value is -1.11. The Balaban J connectivity index is 0.00000264. The van der Waals surface area contributed by atoms with Crippen LogP contribution in [0.2, 0.25) is 0 Å². The second-order valence-electron chi connectivity index (χ2n) is 5.72. The Morgan fingerprint density at radius 3 is 2.87 bits per heavy atom. The molecule has 2 rings (SSSR count). The Bertz CT molecular complexity index is 462. The third-order valence-electron chi connectivity index (χ3n) is 3.92. The van der Waals surface area contributed by atoms with Crippen molar-refractivity contribution < 1.29 is 9.59 Å². The van der Waals surface area contributed by atoms with Crippen LogP contribution >= 0.6 is 23.7 Å². The fraction of sp³-hybridized carbons (Fsp3) is 0.625. The average molecular weight is 360 g/mol. The monoisotopic (exact) mass is 359 g/mol. The first-order valence-corrected chi connectivity index (χ1v) is 8.98. The maximum atomic E-state index is 11.7. The molecular formula is C16H26ClN3O2S. The van der Waals surface area contributed by atoms with Gasteiger partial charge in [0.05, 0.1) is 0 Å². The van der Waals surface area contributed by atoms with Crippen molar-refractivity contribution in [2.45, 2.75) is 32.1 Å². The van der Waals surface area contributed by atoms with Gasteiger partial charge in [-0.15, -0.1) is 12.4 Å². The van der Waals surface area contributed by atoms with E-state index < -0.39 is 0 Å². The molecule has 1 aromatic rings. The largest absolute Gasteiger partial charge is 0.356 e. The topological polar surface area (TPSA) is 70.2 Å². The molecule has 130 valence electrons. The molecule has 2 amide bonds. The van der Waals surface area contributed by atoms with E-state index in [9.17, 15) is 9.59 Å². The summed E-state index contributed by atoms with van der Waals surface area (Å²) in [5, 5.41) is 12.9. The van der Waals surface area contributed by atoms with Crippen LogP contribution in [0.1, 0.15) is 42.5 Å². The summed E-state index contributed by atoms with van der Waals surface area (Å²) in [4.78, 5) is 23.4. The van der Waals surface area contributed by atoms with E-state index in [1.807, 2.05) is 10.8 Å². The zero-order chi connectivity index (χ0) is 15.6. The number of thiophene rings is 1. The minimum atomic E-state index is -0.0635. The molecule has 0 radical (unpaired) electrons. The zero-order valence-corrected chi connectivity index (χ0v) is 14.9. The highest BCUT2D eigenvalue weighted by Crippen LogP contribution is 2.12. The minimum Gasteiger partial charge on any atom is -0.356 e. The number of hydrogen-bond donors (Lipinski definition) is 3. The highest BCUT2D eigenvalue weighted by Gasteiger charge is 2.12. The second kappa shape index (κ2) is 11.4. The Morgan fingerprint density at radius 2 is 2.17 bits per heavy atom. The van der Waals surface area contributed by atoms with Crippen molar-refractivity contribution in [2.75, 3.05) is 26.2 Å². The molecule has 5 nitrogen and oxygen atoms in total. The van der Waals surface area contributed by atoms with Gasteiger partial charge in [0.15, 0.2) is 0 Å². The molecule has 0 aliphatic carbocycles. The molecule has 2 heterocycles. The number of hydrogen-bond acceptors (Lipinski definition) is 4. The third kappa shape index (κ3) is 7.81. The molecule has 23 heavy (non-hydrogen) atoms. The van der Waals surface area contributed by atoms with Gasteiger partial charge in [0.25, 0.3) is 5.91 Å². The van der Waals surface area contributed by atoms with Crippen LogP contribution in [-0.2, 0) is 4.79 Å². The zero-order valence-electron chi connectivity index (χ0n) is 13.3. The highest BCUT2D eigenvalue weighted by atomic mass is 35.5. The molecule has 1 atom stereocenters. The van der Waals surface area contributed by atoms with E-state index in [0.717, 1.165) is 26.1 Å². The fourth-order valence-electron chi connectivity index (χ4n) is 2.62. The Kier molecular flexibility index (Phi) is 9.91. The molecule has 3 N–H and O–H groups in total. The number of halogens is 1. The van der Waals surface area contributed by atoms with Crippen LogP contribution in [0, 0.1) is 5.92 Å². The van der Waals surface area contributed by atoms with Crippen molar-refractivity contribution in [2.24, 2.45) is 5.92 Å². The number of amides is 2. The van der Waals surface area contributed by atoms with Crippen molar-refractivity contribution in [3.63, 3.8) is 0 Å². The summed E-state index contributed by atoms with van der Waals surface area (Å²) < 4.78 is 0. The van der Waals surface area contributed by atoms with Gasteiger partial charge in [0, 0.05) is 30.5 Å². The van der Waals surface area contributed by atoms with Crippen LogP contribution in [0.5, 0.6) is 0 Å². The SMILES string of the molecule is Cl.O=C(CCCNC(=O)c1ccsc1)NCCC1CCCNC1. The molecular weight excluding hydrogens is 334 g/mol. The molecule has 1 aliphatic heterocycles. The lowest BCUT2D eigenvalue weighted by molar-refractivity contribution is -0.121. The summed E-state index contributed by atoms with van der Waals surface area (Å²) >= 11 is 1.50. The maximum Gasteiger partial charge on any atom is 0.252 e. The van der Waals surface area contributed by atoms with Gasteiger partial charge in [-0.05, 0) is 56.1 Å². The number of rotatable bonds is 8. The smallest absolute Gasteiger partial charge is 0.252 e. The van der Waals surface area contributed by atoms with E-state index in [2.05, 4.69) is 16.0 Å². The van der Waals surface area contributed by atoms with Gasteiger partial charge in [-0.25, -0.2) is 0 Å². The van der Waals surface area contributed by atoms with E-state index in [1.165, 1.54) is 24.2 Å². The van der Waals surface area contributed by atoms with E-state index in [0.29, 0.717) is 30.9 Å². The van der Waals surface area contributed by atoms with E-state index >= 15 is 0 Å². The normalized spacial score (nSPS) is 17.1. The molecule has 1 fully saturated rings. The van der Waals surface area contributed by atoms with Gasteiger partial charge in [-0.1, -0.05) is 0 Å². The Labute approximate surface area is 148 Å². The predicted molar refractivity (Wildman–Crippen MR) is 96.4 cm³/mol. The van der Waals surface area contributed by atoms with E-state index in [1.54, 1.807) is 6.07 Å².